The van der Waals surface area contributed by atoms with Crippen molar-refractivity contribution in [3.63, 3.8) is 0 Å². The summed E-state index contributed by atoms with van der Waals surface area (Å²) in [7, 11) is 0. The molecule has 0 N–H and O–H groups in total. The van der Waals surface area contributed by atoms with Gasteiger partial charge in [-0.3, -0.25) is 9.59 Å². The van der Waals surface area contributed by atoms with E-state index < -0.39 is 83.0 Å². The highest BCUT2D eigenvalue weighted by Crippen LogP contribution is 2.68. The van der Waals surface area contributed by atoms with Crippen LogP contribution in [0.15, 0.2) is 133 Å². The van der Waals surface area contributed by atoms with Gasteiger partial charge in [-0.05, 0) is 115 Å². The lowest BCUT2D eigenvalue weighted by atomic mass is 9.42. The number of hydrogen-bond donors (Lipinski definition) is 0. The van der Waals surface area contributed by atoms with E-state index in [0.29, 0.717) is 37.7 Å². The van der Waals surface area contributed by atoms with Gasteiger partial charge in [-0.15, -0.1) is 0 Å². The molecule has 0 spiro atoms. The molecule has 13 atom stereocenters. The van der Waals surface area contributed by atoms with Crippen LogP contribution in [0.5, 0.6) is 0 Å². The number of fused-ring (bicyclic) bond motifs is 5. The smallest absolute Gasteiger partial charge is 0.338 e. The molecule has 4 fully saturated rings. The summed E-state index contributed by atoms with van der Waals surface area (Å²) in [5, 5.41) is 0. The number of carbonyl (C=O) groups is 6. The minimum Gasteiger partial charge on any atom is -0.462 e. The van der Waals surface area contributed by atoms with Crippen LogP contribution in [0.2, 0.25) is 0 Å². The van der Waals surface area contributed by atoms with E-state index in [2.05, 4.69) is 27.7 Å². The van der Waals surface area contributed by atoms with Crippen LogP contribution in [0.1, 0.15) is 115 Å². The quantitative estimate of drug-likeness (QED) is 0.105. The lowest BCUT2D eigenvalue weighted by Gasteiger charge is -2.64. The fraction of sp³-hybridized carbons (Fsp3) is 0.439. The molecule has 1 saturated heterocycles. The van der Waals surface area contributed by atoms with Gasteiger partial charge < -0.3 is 23.7 Å². The first-order valence-electron chi connectivity index (χ1n) is 24.2. The predicted molar refractivity (Wildman–Crippen MR) is 251 cm³/mol. The fourth-order valence-electron chi connectivity index (χ4n) is 12.9. The number of carbonyl (C=O) groups excluding carboxylic acids is 6. The highest BCUT2D eigenvalue weighted by molar-refractivity contribution is 5.97. The lowest BCUT2D eigenvalue weighted by molar-refractivity contribution is -0.245. The maximum atomic E-state index is 15.1. The molecule has 11 nitrogen and oxygen atoms in total. The lowest BCUT2D eigenvalue weighted by Crippen LogP contribution is -2.70. The molecule has 0 amide bonds. The van der Waals surface area contributed by atoms with Crippen molar-refractivity contribution in [2.45, 2.75) is 104 Å². The Balaban J connectivity index is 1.18. The van der Waals surface area contributed by atoms with Crippen LogP contribution in [0.3, 0.4) is 0 Å². The van der Waals surface area contributed by atoms with Crippen molar-refractivity contribution >= 4 is 35.6 Å². The van der Waals surface area contributed by atoms with Gasteiger partial charge in [-0.1, -0.05) is 113 Å². The molecule has 5 aliphatic rings. The molecule has 4 aromatic carbocycles. The van der Waals surface area contributed by atoms with E-state index in [9.17, 15) is 24.0 Å². The number of ether oxygens (including phenoxy) is 5. The molecule has 9 rings (SSSR count). The van der Waals surface area contributed by atoms with E-state index in [4.69, 9.17) is 23.7 Å². The molecule has 0 bridgehead atoms. The summed E-state index contributed by atoms with van der Waals surface area (Å²) in [6.07, 6.45) is -0.512. The summed E-state index contributed by atoms with van der Waals surface area (Å²) < 4.78 is 32.6. The average Bonchev–Trinajstić information content (AvgIpc) is 3.63. The van der Waals surface area contributed by atoms with Gasteiger partial charge in [0.05, 0.1) is 22.3 Å². The molecule has 3 saturated carbocycles. The van der Waals surface area contributed by atoms with Gasteiger partial charge in [0.1, 0.15) is 30.5 Å². The first-order valence-corrected chi connectivity index (χ1v) is 24.2. The van der Waals surface area contributed by atoms with Crippen molar-refractivity contribution < 1.29 is 52.5 Å². The van der Waals surface area contributed by atoms with Gasteiger partial charge in [0, 0.05) is 30.1 Å². The standard InChI is InChI=1S/C57H60O11/c1-33(2)39-30-44(64-45(59)31-39)34(3)41-32-42(58)47-46-40(26-28-57(41,47)5)56(4)29-27-43(65-52(60)35-18-10-6-11-19-35)49(66-53(61)36-20-12-7-13-21-36)48(56)51(68-55(63)38-24-16-9-17-25-38)50(46)67-54(62)37-22-14-8-15-23-37/h6-25,32-34,39-40,43-44,46-51H,26-31H2,1-5H3/t34?,39?,40?,43?,44?,46?,47?,48?,49?,50?,51?,56-,57-/m1/s1. The molecule has 0 aromatic heterocycles. The SMILES string of the molecule is CC(C)C1CC(=O)OC(C(C)C2=CC(=O)C3C4C(OC(=O)c5ccccc5)C(OC(=O)c5ccccc5)C5C(OC(=O)c6ccccc6)C(OC(=O)c6ccccc6)CC[C@]5(C)C4CC[C@]23C)C1. The Bertz CT molecular complexity index is 2560. The molecular weight excluding hydrogens is 861 g/mol. The van der Waals surface area contributed by atoms with Gasteiger partial charge in [0.2, 0.25) is 0 Å². The van der Waals surface area contributed by atoms with Crippen LogP contribution in [0.25, 0.3) is 0 Å². The summed E-state index contributed by atoms with van der Waals surface area (Å²) in [6, 6.07) is 34.1. The van der Waals surface area contributed by atoms with Crippen molar-refractivity contribution in [3.05, 3.63) is 155 Å². The van der Waals surface area contributed by atoms with Crippen molar-refractivity contribution in [1.82, 2.24) is 0 Å². The molecule has 11 unspecified atom stereocenters. The van der Waals surface area contributed by atoms with Crippen LogP contribution >= 0.6 is 0 Å². The summed E-state index contributed by atoms with van der Waals surface area (Å²) >= 11 is 0. The van der Waals surface area contributed by atoms with Crippen LogP contribution in [0, 0.1) is 52.3 Å². The normalized spacial score (nSPS) is 32.2. The van der Waals surface area contributed by atoms with Gasteiger partial charge in [-0.2, -0.15) is 0 Å². The van der Waals surface area contributed by atoms with Crippen molar-refractivity contribution in [2.75, 3.05) is 0 Å². The second kappa shape index (κ2) is 19.0. The minimum absolute atomic E-state index is 0.125. The number of esters is 5. The molecule has 11 heteroatoms. The van der Waals surface area contributed by atoms with E-state index in [1.165, 1.54) is 0 Å². The van der Waals surface area contributed by atoms with Crippen molar-refractivity contribution in [1.29, 1.82) is 0 Å². The Morgan fingerprint density at radius 3 is 1.57 bits per heavy atom. The summed E-state index contributed by atoms with van der Waals surface area (Å²) in [5.74, 6) is -5.52. The Morgan fingerprint density at radius 1 is 0.603 bits per heavy atom. The monoisotopic (exact) mass is 920 g/mol. The first kappa shape index (κ1) is 46.7. The number of hydrogen-bond acceptors (Lipinski definition) is 11. The maximum absolute atomic E-state index is 15.1. The minimum atomic E-state index is -1.31. The zero-order valence-corrected chi connectivity index (χ0v) is 39.3. The van der Waals surface area contributed by atoms with Crippen LogP contribution in [-0.4, -0.2) is 66.1 Å². The summed E-state index contributed by atoms with van der Waals surface area (Å²) in [5.41, 5.74) is 0.411. The Hall–Kier alpha value is -6.36. The van der Waals surface area contributed by atoms with Crippen LogP contribution in [0.4, 0.5) is 0 Å². The third-order valence-corrected chi connectivity index (χ3v) is 16.4. The third-order valence-electron chi connectivity index (χ3n) is 16.4. The van der Waals surface area contributed by atoms with Gasteiger partial charge in [-0.25, -0.2) is 19.2 Å². The number of rotatable bonds is 11. The second-order valence-electron chi connectivity index (χ2n) is 20.5. The molecule has 0 radical (unpaired) electrons. The van der Waals surface area contributed by atoms with E-state index in [-0.39, 0.29) is 58.5 Å². The van der Waals surface area contributed by atoms with Gasteiger partial charge in [0.15, 0.2) is 5.78 Å². The highest BCUT2D eigenvalue weighted by atomic mass is 16.6. The molecular formula is C57H60O11. The molecule has 68 heavy (non-hydrogen) atoms. The molecule has 354 valence electrons. The number of cyclic esters (lactones) is 1. The molecule has 4 aliphatic carbocycles. The average molecular weight is 921 g/mol. The van der Waals surface area contributed by atoms with Crippen LogP contribution in [-0.2, 0) is 33.3 Å². The first-order chi connectivity index (χ1) is 32.7. The van der Waals surface area contributed by atoms with Crippen LogP contribution < -0.4 is 0 Å². The molecule has 1 aliphatic heterocycles. The zero-order chi connectivity index (χ0) is 47.9. The maximum Gasteiger partial charge on any atom is 0.338 e. The Labute approximate surface area is 397 Å². The van der Waals surface area contributed by atoms with E-state index in [1.54, 1.807) is 127 Å². The Kier molecular flexibility index (Phi) is 13.0. The largest absolute Gasteiger partial charge is 0.462 e. The fourth-order valence-corrected chi connectivity index (χ4v) is 12.9. The van der Waals surface area contributed by atoms with Crippen molar-refractivity contribution in [3.8, 4) is 0 Å². The van der Waals surface area contributed by atoms with Crippen molar-refractivity contribution in [2.24, 2.45) is 52.3 Å². The van der Waals surface area contributed by atoms with E-state index >= 15 is 4.79 Å². The number of ketones is 1. The Morgan fingerprint density at radius 2 is 1.07 bits per heavy atom. The third kappa shape index (κ3) is 8.69. The second-order valence-corrected chi connectivity index (χ2v) is 20.5. The topological polar surface area (TPSA) is 149 Å². The van der Waals surface area contributed by atoms with E-state index in [0.717, 1.165) is 5.57 Å². The number of allylic oxidation sites excluding steroid dienone is 1. The molecule has 4 aromatic rings. The zero-order valence-electron chi connectivity index (χ0n) is 39.3. The van der Waals surface area contributed by atoms with Gasteiger partial charge in [0.25, 0.3) is 0 Å². The molecule has 1 heterocycles. The summed E-state index contributed by atoms with van der Waals surface area (Å²) in [6.45, 7) is 10.5. The van der Waals surface area contributed by atoms with Gasteiger partial charge >= 0.3 is 29.8 Å². The highest BCUT2D eigenvalue weighted by Gasteiger charge is 2.71. The predicted octanol–water partition coefficient (Wildman–Crippen LogP) is 10.1. The van der Waals surface area contributed by atoms with E-state index in [1.807, 2.05) is 6.92 Å². The number of benzene rings is 4. The summed E-state index contributed by atoms with van der Waals surface area (Å²) in [4.78, 5) is 85.8.